The van der Waals surface area contributed by atoms with Crippen LogP contribution in [0.5, 0.6) is 0 Å². The average Bonchev–Trinajstić information content (AvgIpc) is 3.27. The van der Waals surface area contributed by atoms with Gasteiger partial charge in [-0.3, -0.25) is 9.69 Å². The Bertz CT molecular complexity index is 1110. The molecule has 1 aromatic heterocycles. The molecule has 0 spiro atoms. The highest BCUT2D eigenvalue weighted by molar-refractivity contribution is 6.07. The van der Waals surface area contributed by atoms with E-state index in [4.69, 9.17) is 0 Å². The summed E-state index contributed by atoms with van der Waals surface area (Å²) in [5, 5.41) is 10.7. The zero-order chi connectivity index (χ0) is 21.5. The Morgan fingerprint density at radius 2 is 1.70 bits per heavy atom. The van der Waals surface area contributed by atoms with Gasteiger partial charge in [0, 0.05) is 0 Å². The van der Waals surface area contributed by atoms with Crippen LogP contribution in [0.1, 0.15) is 23.7 Å². The van der Waals surface area contributed by atoms with Gasteiger partial charge >= 0.3 is 12.2 Å². The van der Waals surface area contributed by atoms with Crippen LogP contribution in [0.2, 0.25) is 0 Å². The summed E-state index contributed by atoms with van der Waals surface area (Å²) in [6.45, 7) is 1.04. The number of amides is 3. The number of urea groups is 1. The number of nitrogens with zero attached hydrogens (tertiary/aromatic N) is 4. The van der Waals surface area contributed by atoms with Gasteiger partial charge in [-0.05, 0) is 30.7 Å². The minimum absolute atomic E-state index is 0.221. The molecule has 30 heavy (non-hydrogen) atoms. The second kappa shape index (κ2) is 6.97. The van der Waals surface area contributed by atoms with Crippen molar-refractivity contribution in [3.8, 4) is 5.69 Å². The summed E-state index contributed by atoms with van der Waals surface area (Å²) >= 11 is 0. The van der Waals surface area contributed by atoms with E-state index in [9.17, 15) is 22.8 Å². The topological polar surface area (TPSA) is 80.1 Å². The third-order valence-electron chi connectivity index (χ3n) is 4.89. The summed E-state index contributed by atoms with van der Waals surface area (Å²) in [5.41, 5.74) is -2.14. The molecule has 0 aliphatic carbocycles. The monoisotopic (exact) mass is 415 g/mol. The highest BCUT2D eigenvalue weighted by Gasteiger charge is 2.52. The van der Waals surface area contributed by atoms with Gasteiger partial charge in [0.2, 0.25) is 0 Å². The average molecular weight is 415 g/mol. The molecule has 1 aliphatic rings. The summed E-state index contributed by atoms with van der Waals surface area (Å²) < 4.78 is 40.3. The summed E-state index contributed by atoms with van der Waals surface area (Å²) in [6.07, 6.45) is -3.27. The maximum absolute atomic E-state index is 13.4. The first-order chi connectivity index (χ1) is 14.2. The van der Waals surface area contributed by atoms with Crippen molar-refractivity contribution in [2.75, 3.05) is 0 Å². The number of para-hydroxylation sites is 1. The predicted octanol–water partition coefficient (Wildman–Crippen LogP) is 3.25. The van der Waals surface area contributed by atoms with Gasteiger partial charge in [0.15, 0.2) is 0 Å². The van der Waals surface area contributed by atoms with E-state index < -0.39 is 29.2 Å². The molecule has 2 heterocycles. The summed E-state index contributed by atoms with van der Waals surface area (Å²) in [7, 11) is 0. The zero-order valence-electron chi connectivity index (χ0n) is 15.7. The molecule has 3 amide bonds. The Balaban J connectivity index is 1.62. The first kappa shape index (κ1) is 19.6. The number of alkyl halides is 3. The van der Waals surface area contributed by atoms with Crippen LogP contribution in [0.25, 0.3) is 5.69 Å². The summed E-state index contributed by atoms with van der Waals surface area (Å²) in [5.74, 6) is -0.793. The molecule has 7 nitrogen and oxygen atoms in total. The van der Waals surface area contributed by atoms with E-state index in [0.29, 0.717) is 11.4 Å². The molecule has 0 saturated carbocycles. The third kappa shape index (κ3) is 3.30. The van der Waals surface area contributed by atoms with Gasteiger partial charge in [0.25, 0.3) is 5.91 Å². The van der Waals surface area contributed by atoms with E-state index in [-0.39, 0.29) is 12.1 Å². The van der Waals surface area contributed by atoms with Crippen molar-refractivity contribution in [2.45, 2.75) is 25.2 Å². The van der Waals surface area contributed by atoms with E-state index in [1.807, 2.05) is 6.07 Å². The number of carbonyl (C=O) groups is 2. The Labute approximate surface area is 169 Å². The molecule has 2 aromatic carbocycles. The van der Waals surface area contributed by atoms with Gasteiger partial charge in [0.05, 0.1) is 24.0 Å². The van der Waals surface area contributed by atoms with Crippen molar-refractivity contribution in [2.24, 2.45) is 0 Å². The van der Waals surface area contributed by atoms with E-state index in [1.165, 1.54) is 36.1 Å². The largest absolute Gasteiger partial charge is 0.416 e. The lowest BCUT2D eigenvalue weighted by molar-refractivity contribution is -0.140. The van der Waals surface area contributed by atoms with E-state index in [1.54, 1.807) is 24.3 Å². The van der Waals surface area contributed by atoms with E-state index in [0.717, 1.165) is 11.0 Å². The molecule has 1 N–H and O–H groups in total. The number of benzene rings is 2. The van der Waals surface area contributed by atoms with Gasteiger partial charge in [-0.15, -0.1) is 0 Å². The molecule has 0 bridgehead atoms. The Morgan fingerprint density at radius 1 is 1.03 bits per heavy atom. The Morgan fingerprint density at radius 3 is 2.40 bits per heavy atom. The van der Waals surface area contributed by atoms with Gasteiger partial charge in [0.1, 0.15) is 11.2 Å². The van der Waals surface area contributed by atoms with Gasteiger partial charge in [-0.2, -0.15) is 28.2 Å². The van der Waals surface area contributed by atoms with E-state index >= 15 is 0 Å². The molecule has 154 valence electrons. The molecule has 1 atom stereocenters. The molecule has 1 aliphatic heterocycles. The van der Waals surface area contributed by atoms with Crippen LogP contribution >= 0.6 is 0 Å². The lowest BCUT2D eigenvalue weighted by Gasteiger charge is -2.25. The number of rotatable bonds is 4. The third-order valence-corrected chi connectivity index (χ3v) is 4.89. The molecule has 0 unspecified atom stereocenters. The normalized spacial score (nSPS) is 19.3. The number of hydrogen-bond acceptors (Lipinski definition) is 4. The fraction of sp³-hybridized carbons (Fsp3) is 0.200. The summed E-state index contributed by atoms with van der Waals surface area (Å²) in [6, 6.07) is 12.9. The van der Waals surface area contributed by atoms with Crippen LogP contribution in [0.15, 0.2) is 60.8 Å². The maximum Gasteiger partial charge on any atom is 0.416 e. The van der Waals surface area contributed by atoms with Crippen molar-refractivity contribution in [3.05, 3.63) is 77.6 Å². The lowest BCUT2D eigenvalue weighted by Crippen LogP contribution is -2.42. The smallest absolute Gasteiger partial charge is 0.319 e. The lowest BCUT2D eigenvalue weighted by atomic mass is 9.87. The van der Waals surface area contributed by atoms with Gasteiger partial charge in [-0.1, -0.05) is 36.4 Å². The van der Waals surface area contributed by atoms with Gasteiger partial charge in [-0.25, -0.2) is 4.79 Å². The number of aromatic nitrogens is 3. The van der Waals surface area contributed by atoms with Crippen LogP contribution in [-0.2, 0) is 23.1 Å². The molecule has 10 heteroatoms. The highest BCUT2D eigenvalue weighted by Crippen LogP contribution is 2.39. The molecular weight excluding hydrogens is 399 g/mol. The number of carbonyl (C=O) groups excluding carboxylic acids is 2. The number of nitrogens with one attached hydrogen (secondary N) is 1. The minimum atomic E-state index is -4.67. The minimum Gasteiger partial charge on any atom is -0.319 e. The van der Waals surface area contributed by atoms with Crippen LogP contribution < -0.4 is 5.32 Å². The van der Waals surface area contributed by atoms with Crippen molar-refractivity contribution < 1.29 is 22.8 Å². The maximum atomic E-state index is 13.4. The summed E-state index contributed by atoms with van der Waals surface area (Å²) in [4.78, 5) is 27.7. The zero-order valence-corrected chi connectivity index (χ0v) is 15.7. The molecule has 3 aromatic rings. The number of imide groups is 1. The van der Waals surface area contributed by atoms with Crippen LogP contribution in [0.3, 0.4) is 0 Å². The fourth-order valence-corrected chi connectivity index (χ4v) is 3.40. The number of hydrogen-bond donors (Lipinski definition) is 1. The van der Waals surface area contributed by atoms with Crippen molar-refractivity contribution in [1.82, 2.24) is 25.2 Å². The predicted molar refractivity (Wildman–Crippen MR) is 99.2 cm³/mol. The Kier molecular flexibility index (Phi) is 4.56. The quantitative estimate of drug-likeness (QED) is 0.664. The fourth-order valence-electron chi connectivity index (χ4n) is 3.40. The molecule has 0 radical (unpaired) electrons. The van der Waals surface area contributed by atoms with Crippen molar-refractivity contribution in [1.29, 1.82) is 0 Å². The second-order valence-electron chi connectivity index (χ2n) is 6.95. The second-order valence-corrected chi connectivity index (χ2v) is 6.95. The molecule has 4 rings (SSSR count). The van der Waals surface area contributed by atoms with Gasteiger partial charge < -0.3 is 5.32 Å². The first-order valence-corrected chi connectivity index (χ1v) is 8.97. The molecule has 1 fully saturated rings. The standard InChI is InChI=1S/C20H16F3N5O2/c1-19(15-9-5-6-10-16(15)20(21,22)23)17(29)27(18(30)25-19)12-13-11-24-28(26-13)14-7-3-2-4-8-14/h2-11H,12H2,1H3,(H,25,30)/t19-/m0/s1. The van der Waals surface area contributed by atoms with Crippen molar-refractivity contribution >= 4 is 11.9 Å². The number of halogens is 3. The van der Waals surface area contributed by atoms with E-state index in [2.05, 4.69) is 15.5 Å². The molecule has 1 saturated heterocycles. The van der Waals surface area contributed by atoms with Crippen LogP contribution in [0, 0.1) is 0 Å². The molecular formula is C20H16F3N5O2. The van der Waals surface area contributed by atoms with Crippen LogP contribution in [-0.4, -0.2) is 31.8 Å². The van der Waals surface area contributed by atoms with Crippen LogP contribution in [0.4, 0.5) is 18.0 Å². The SMILES string of the molecule is C[C@@]1(c2ccccc2C(F)(F)F)NC(=O)N(Cc2cnn(-c3ccccc3)n2)C1=O. The highest BCUT2D eigenvalue weighted by atomic mass is 19.4. The first-order valence-electron chi connectivity index (χ1n) is 8.97. The van der Waals surface area contributed by atoms with Crippen molar-refractivity contribution in [3.63, 3.8) is 0 Å². The Hall–Kier alpha value is -3.69.